The summed E-state index contributed by atoms with van der Waals surface area (Å²) in [6, 6.07) is 10.2. The number of hydrogen-bond acceptors (Lipinski definition) is 3. The Balaban J connectivity index is 2.06. The number of benzene rings is 2. The van der Waals surface area contributed by atoms with E-state index >= 15 is 0 Å². The zero-order valence-corrected chi connectivity index (χ0v) is 15.9. The van der Waals surface area contributed by atoms with Crippen LogP contribution in [-0.4, -0.2) is 29.8 Å². The number of amides is 2. The fourth-order valence-corrected chi connectivity index (χ4v) is 2.91. The van der Waals surface area contributed by atoms with Gasteiger partial charge >= 0.3 is 0 Å². The molecule has 2 amide bonds. The Kier molecular flexibility index (Phi) is 8.75. The van der Waals surface area contributed by atoms with Crippen LogP contribution in [0.25, 0.3) is 0 Å². The van der Waals surface area contributed by atoms with E-state index < -0.39 is 23.4 Å². The third kappa shape index (κ3) is 6.53. The van der Waals surface area contributed by atoms with Gasteiger partial charge in [-0.1, -0.05) is 25.7 Å². The molecule has 0 radical (unpaired) electrons. The van der Waals surface area contributed by atoms with Crippen LogP contribution in [-0.2, 0) is 0 Å². The molecule has 6 heteroatoms. The molecule has 0 atom stereocenters. The summed E-state index contributed by atoms with van der Waals surface area (Å²) in [5.74, 6) is -1.88. The third-order valence-corrected chi connectivity index (χ3v) is 4.51. The lowest BCUT2D eigenvalue weighted by atomic mass is 10.1. The van der Waals surface area contributed by atoms with E-state index in [2.05, 4.69) is 0 Å². The normalized spacial score (nSPS) is 10.7. The predicted molar refractivity (Wildman–Crippen MR) is 105 cm³/mol. The molecule has 0 aliphatic rings. The Labute approximate surface area is 164 Å². The molecule has 0 bridgehead atoms. The number of nitrogens with zero attached hydrogens (tertiary/aromatic N) is 1. The van der Waals surface area contributed by atoms with Crippen LogP contribution in [0.15, 0.2) is 48.5 Å². The van der Waals surface area contributed by atoms with E-state index in [1.165, 1.54) is 48.5 Å². The second-order valence-electron chi connectivity index (χ2n) is 6.69. The fourth-order valence-electron chi connectivity index (χ4n) is 2.91. The number of rotatable bonds is 10. The van der Waals surface area contributed by atoms with E-state index in [9.17, 15) is 18.4 Å². The van der Waals surface area contributed by atoms with Crippen molar-refractivity contribution in [1.29, 1.82) is 0 Å². The molecule has 4 nitrogen and oxygen atoms in total. The molecule has 0 saturated heterocycles. The van der Waals surface area contributed by atoms with E-state index in [-0.39, 0.29) is 17.7 Å². The third-order valence-electron chi connectivity index (χ3n) is 4.51. The summed E-state index contributed by atoms with van der Waals surface area (Å²) in [6.07, 6.45) is 5.69. The van der Waals surface area contributed by atoms with Crippen molar-refractivity contribution in [3.8, 4) is 0 Å². The van der Waals surface area contributed by atoms with E-state index in [0.717, 1.165) is 37.0 Å². The summed E-state index contributed by atoms with van der Waals surface area (Å²) >= 11 is 0. The molecule has 0 aromatic heterocycles. The quantitative estimate of drug-likeness (QED) is 0.480. The number of unbranched alkanes of at least 4 members (excludes halogenated alkanes) is 5. The number of hydrogen-bond donors (Lipinski definition) is 1. The highest BCUT2D eigenvalue weighted by Gasteiger charge is 2.23. The van der Waals surface area contributed by atoms with Gasteiger partial charge in [0, 0.05) is 17.7 Å². The first-order valence-corrected chi connectivity index (χ1v) is 9.60. The Bertz CT molecular complexity index is 704. The van der Waals surface area contributed by atoms with Crippen LogP contribution in [0.2, 0.25) is 0 Å². The highest BCUT2D eigenvalue weighted by atomic mass is 19.1. The predicted octanol–water partition coefficient (Wildman–Crippen LogP) is 4.55. The minimum Gasteiger partial charge on any atom is -0.330 e. The van der Waals surface area contributed by atoms with Crippen molar-refractivity contribution in [2.45, 2.75) is 38.5 Å². The monoisotopic (exact) mass is 388 g/mol. The van der Waals surface area contributed by atoms with E-state index in [0.29, 0.717) is 13.0 Å². The van der Waals surface area contributed by atoms with Crippen molar-refractivity contribution in [3.63, 3.8) is 0 Å². The molecule has 0 unspecified atom stereocenters. The van der Waals surface area contributed by atoms with Crippen molar-refractivity contribution in [2.75, 3.05) is 13.1 Å². The molecular weight excluding hydrogens is 362 g/mol. The van der Waals surface area contributed by atoms with Gasteiger partial charge in [0.2, 0.25) is 0 Å². The van der Waals surface area contributed by atoms with Gasteiger partial charge in [0.15, 0.2) is 0 Å². The topological polar surface area (TPSA) is 63.4 Å². The van der Waals surface area contributed by atoms with Gasteiger partial charge in [0.1, 0.15) is 11.6 Å². The van der Waals surface area contributed by atoms with E-state index in [4.69, 9.17) is 5.73 Å². The van der Waals surface area contributed by atoms with Crippen molar-refractivity contribution >= 4 is 11.8 Å². The van der Waals surface area contributed by atoms with E-state index in [1.807, 2.05) is 0 Å². The first-order chi connectivity index (χ1) is 13.5. The summed E-state index contributed by atoms with van der Waals surface area (Å²) in [6.45, 7) is 0.940. The van der Waals surface area contributed by atoms with Crippen LogP contribution in [0, 0.1) is 11.6 Å². The molecular formula is C22H26F2N2O2. The first kappa shape index (κ1) is 21.7. The fraction of sp³-hybridized carbons (Fsp3) is 0.364. The molecule has 150 valence electrons. The van der Waals surface area contributed by atoms with Gasteiger partial charge in [-0.3, -0.25) is 14.5 Å². The summed E-state index contributed by atoms with van der Waals surface area (Å²) in [4.78, 5) is 26.8. The van der Waals surface area contributed by atoms with Crippen molar-refractivity contribution in [2.24, 2.45) is 5.73 Å². The summed E-state index contributed by atoms with van der Waals surface area (Å²) in [5.41, 5.74) is 5.95. The molecule has 2 rings (SSSR count). The molecule has 0 fully saturated rings. The van der Waals surface area contributed by atoms with Crippen molar-refractivity contribution < 1.29 is 18.4 Å². The molecule has 0 aliphatic carbocycles. The van der Waals surface area contributed by atoms with Gasteiger partial charge in [-0.15, -0.1) is 0 Å². The van der Waals surface area contributed by atoms with Gasteiger partial charge in [-0.25, -0.2) is 8.78 Å². The minimum atomic E-state index is -0.488. The average Bonchev–Trinajstić information content (AvgIpc) is 2.70. The van der Waals surface area contributed by atoms with Crippen LogP contribution in [0.3, 0.4) is 0 Å². The standard InChI is InChI=1S/C22H26F2N2O2/c23-19-11-7-17(8-12-19)21(27)26(16-6-4-2-1-3-5-15-25)22(28)18-9-13-20(24)14-10-18/h7-14H,1-6,15-16,25H2. The van der Waals surface area contributed by atoms with Crippen LogP contribution in [0.5, 0.6) is 0 Å². The average molecular weight is 388 g/mol. The minimum absolute atomic E-state index is 0.236. The zero-order chi connectivity index (χ0) is 20.4. The van der Waals surface area contributed by atoms with Crippen molar-refractivity contribution in [3.05, 3.63) is 71.3 Å². The highest BCUT2D eigenvalue weighted by molar-refractivity contribution is 6.10. The second kappa shape index (κ2) is 11.3. The van der Waals surface area contributed by atoms with Crippen molar-refractivity contribution in [1.82, 2.24) is 4.90 Å². The summed E-state index contributed by atoms with van der Waals surface area (Å²) in [5, 5.41) is 0. The van der Waals surface area contributed by atoms with Gasteiger partial charge < -0.3 is 5.73 Å². The van der Waals surface area contributed by atoms with Gasteiger partial charge in [-0.2, -0.15) is 0 Å². The number of nitrogens with two attached hydrogens (primary N) is 1. The van der Waals surface area contributed by atoms with Crippen LogP contribution in [0.1, 0.15) is 59.2 Å². The number of imide groups is 1. The lowest BCUT2D eigenvalue weighted by Gasteiger charge is -2.21. The number of carbonyl (C=O) groups is 2. The molecule has 2 aromatic carbocycles. The SMILES string of the molecule is NCCCCCCCCN(C(=O)c1ccc(F)cc1)C(=O)c1ccc(F)cc1. The Morgan fingerprint density at radius 3 is 1.50 bits per heavy atom. The van der Waals surface area contributed by atoms with Crippen LogP contribution >= 0.6 is 0 Å². The van der Waals surface area contributed by atoms with Gasteiger partial charge in [-0.05, 0) is 67.9 Å². The van der Waals surface area contributed by atoms with Gasteiger partial charge in [0.05, 0.1) is 0 Å². The smallest absolute Gasteiger partial charge is 0.260 e. The maximum Gasteiger partial charge on any atom is 0.260 e. The molecule has 2 aromatic rings. The van der Waals surface area contributed by atoms with Gasteiger partial charge in [0.25, 0.3) is 11.8 Å². The Morgan fingerprint density at radius 1 is 0.679 bits per heavy atom. The molecule has 0 saturated carbocycles. The molecule has 0 spiro atoms. The Hall–Kier alpha value is -2.60. The molecule has 2 N–H and O–H groups in total. The molecule has 0 heterocycles. The Morgan fingerprint density at radius 2 is 1.07 bits per heavy atom. The lowest BCUT2D eigenvalue weighted by Crippen LogP contribution is -2.37. The maximum absolute atomic E-state index is 13.2. The molecule has 28 heavy (non-hydrogen) atoms. The first-order valence-electron chi connectivity index (χ1n) is 9.60. The zero-order valence-electron chi connectivity index (χ0n) is 15.9. The maximum atomic E-state index is 13.2. The lowest BCUT2D eigenvalue weighted by molar-refractivity contribution is 0.0613. The largest absolute Gasteiger partial charge is 0.330 e. The highest BCUT2D eigenvalue weighted by Crippen LogP contribution is 2.14. The number of carbonyl (C=O) groups excluding carboxylic acids is 2. The van der Waals surface area contributed by atoms with Crippen LogP contribution < -0.4 is 5.73 Å². The second-order valence-corrected chi connectivity index (χ2v) is 6.69. The summed E-state index contributed by atoms with van der Waals surface area (Å²) in [7, 11) is 0. The van der Waals surface area contributed by atoms with E-state index in [1.54, 1.807) is 0 Å². The number of halogens is 2. The molecule has 0 aliphatic heterocycles. The summed E-state index contributed by atoms with van der Waals surface area (Å²) < 4.78 is 26.3. The van der Waals surface area contributed by atoms with Crippen LogP contribution in [0.4, 0.5) is 8.78 Å².